The number of nitrogens with zero attached hydrogens (tertiary/aromatic N) is 5. The van der Waals surface area contributed by atoms with Gasteiger partial charge in [0.1, 0.15) is 41.6 Å². The molecule has 0 amide bonds. The van der Waals surface area contributed by atoms with Gasteiger partial charge in [0, 0.05) is 24.8 Å². The van der Waals surface area contributed by atoms with E-state index < -0.39 is 35.6 Å². The van der Waals surface area contributed by atoms with Crippen LogP contribution in [0.1, 0.15) is 19.3 Å². The Kier molecular flexibility index (Phi) is 12.4. The van der Waals surface area contributed by atoms with E-state index >= 15 is 0 Å². The van der Waals surface area contributed by atoms with Gasteiger partial charge in [-0.15, -0.1) is 5.11 Å². The summed E-state index contributed by atoms with van der Waals surface area (Å²) in [7, 11) is 1.51. The fourth-order valence-electron chi connectivity index (χ4n) is 4.23. The van der Waals surface area contributed by atoms with Crippen molar-refractivity contribution >= 4 is 28.4 Å². The summed E-state index contributed by atoms with van der Waals surface area (Å²) in [5, 5.41) is 66.3. The lowest BCUT2D eigenvalue weighted by Gasteiger charge is -2.38. The SMILES string of the molecule is COc1cc(N=Nc2ccc([N+](=O)[O-])cc2)ccc1N=Nc1ccc(OCCCCCOCC2O[C@@H](O)C(O)C(O)[C@H]2O)cc1. The highest BCUT2D eigenvalue weighted by Gasteiger charge is 2.42. The maximum Gasteiger partial charge on any atom is 0.269 e. The number of nitro groups is 1. The Morgan fingerprint density at radius 2 is 1.40 bits per heavy atom. The van der Waals surface area contributed by atoms with Crippen LogP contribution < -0.4 is 9.47 Å². The highest BCUT2D eigenvalue weighted by atomic mass is 16.6. The summed E-state index contributed by atoms with van der Waals surface area (Å²) in [6.45, 7) is 0.895. The van der Waals surface area contributed by atoms with Crippen LogP contribution in [0.25, 0.3) is 0 Å². The van der Waals surface area contributed by atoms with Crippen LogP contribution in [-0.4, -0.2) is 83.0 Å². The molecule has 3 aromatic carbocycles. The van der Waals surface area contributed by atoms with E-state index in [0.717, 1.165) is 19.3 Å². The minimum absolute atomic E-state index is 0.0154. The molecule has 240 valence electrons. The number of methoxy groups -OCH3 is 1. The second kappa shape index (κ2) is 16.6. The van der Waals surface area contributed by atoms with Gasteiger partial charge in [-0.05, 0) is 67.8 Å². The van der Waals surface area contributed by atoms with Gasteiger partial charge in [-0.25, -0.2) is 0 Å². The number of rotatable bonds is 15. The molecule has 15 heteroatoms. The van der Waals surface area contributed by atoms with E-state index in [0.29, 0.717) is 47.5 Å². The van der Waals surface area contributed by atoms with Gasteiger partial charge in [-0.1, -0.05) is 0 Å². The second-order valence-electron chi connectivity index (χ2n) is 10.0. The average molecular weight is 626 g/mol. The smallest absolute Gasteiger partial charge is 0.269 e. The Hall–Kier alpha value is -4.38. The molecule has 1 fully saturated rings. The Labute approximate surface area is 258 Å². The zero-order valence-electron chi connectivity index (χ0n) is 24.5. The number of benzene rings is 3. The molecule has 1 saturated heterocycles. The molecule has 0 spiro atoms. The Balaban J connectivity index is 1.16. The number of hydrogen-bond acceptors (Lipinski definition) is 14. The third kappa shape index (κ3) is 9.81. The summed E-state index contributed by atoms with van der Waals surface area (Å²) in [6.07, 6.45) is -4.53. The molecule has 15 nitrogen and oxygen atoms in total. The van der Waals surface area contributed by atoms with E-state index in [4.69, 9.17) is 18.9 Å². The number of hydrogen-bond donors (Lipinski definition) is 4. The molecule has 1 heterocycles. The van der Waals surface area contributed by atoms with Crippen molar-refractivity contribution in [3.8, 4) is 11.5 Å². The van der Waals surface area contributed by atoms with Gasteiger partial charge >= 0.3 is 0 Å². The average Bonchev–Trinajstić information content (AvgIpc) is 3.06. The minimum Gasteiger partial charge on any atom is -0.494 e. The number of aliphatic hydroxyl groups excluding tert-OH is 4. The predicted molar refractivity (Wildman–Crippen MR) is 160 cm³/mol. The van der Waals surface area contributed by atoms with Crippen molar-refractivity contribution in [3.05, 3.63) is 76.8 Å². The summed E-state index contributed by atoms with van der Waals surface area (Å²) >= 11 is 0. The second-order valence-corrected chi connectivity index (χ2v) is 10.0. The molecule has 4 N–H and O–H groups in total. The molecule has 1 aliphatic rings. The number of unbranched alkanes of at least 4 members (excludes halogenated alkanes) is 2. The van der Waals surface area contributed by atoms with E-state index in [1.54, 1.807) is 42.5 Å². The quantitative estimate of drug-likeness (QED) is 0.0784. The Morgan fingerprint density at radius 1 is 0.778 bits per heavy atom. The van der Waals surface area contributed by atoms with Crippen molar-refractivity contribution in [2.45, 2.75) is 50.0 Å². The first-order valence-electron chi connectivity index (χ1n) is 14.2. The lowest BCUT2D eigenvalue weighted by atomic mass is 9.99. The standard InChI is InChI=1S/C30H35N5O10/c1-42-25-17-21(33-31-19-5-10-22(11-6-19)35(40)41)9-14-24(25)34-32-20-7-12-23(13-8-20)44-16-4-2-3-15-43-18-26-27(36)28(37)29(38)30(39)45-26/h5-14,17,26-30,36-39H,2-4,15-16,18H2,1H3/t26?,27-,28?,29?,30+/m0/s1. The van der Waals surface area contributed by atoms with Gasteiger partial charge in [-0.2, -0.15) is 15.3 Å². The molecule has 0 aliphatic carbocycles. The molecular formula is C30H35N5O10. The normalized spacial score (nSPS) is 21.8. The topological polar surface area (TPSA) is 210 Å². The van der Waals surface area contributed by atoms with Crippen LogP contribution in [0.3, 0.4) is 0 Å². The van der Waals surface area contributed by atoms with Crippen molar-refractivity contribution in [1.82, 2.24) is 0 Å². The van der Waals surface area contributed by atoms with Crippen molar-refractivity contribution in [2.24, 2.45) is 20.5 Å². The Bertz CT molecular complexity index is 1440. The number of non-ortho nitro benzene ring substituents is 1. The van der Waals surface area contributed by atoms with Crippen LogP contribution in [0.15, 0.2) is 87.2 Å². The lowest BCUT2D eigenvalue weighted by molar-refractivity contribution is -0.384. The van der Waals surface area contributed by atoms with Crippen LogP contribution in [0, 0.1) is 10.1 Å². The summed E-state index contributed by atoms with van der Waals surface area (Å²) in [4.78, 5) is 10.3. The van der Waals surface area contributed by atoms with Crippen molar-refractivity contribution < 1.29 is 44.3 Å². The highest BCUT2D eigenvalue weighted by Crippen LogP contribution is 2.34. The van der Waals surface area contributed by atoms with Gasteiger partial charge in [0.25, 0.3) is 5.69 Å². The van der Waals surface area contributed by atoms with Gasteiger partial charge in [0.2, 0.25) is 0 Å². The summed E-state index contributed by atoms with van der Waals surface area (Å²) < 4.78 is 21.8. The first kappa shape index (κ1) is 33.5. The van der Waals surface area contributed by atoms with Gasteiger partial charge < -0.3 is 39.4 Å². The van der Waals surface area contributed by atoms with Crippen LogP contribution in [0.4, 0.5) is 28.4 Å². The summed E-state index contributed by atoms with van der Waals surface area (Å²) in [6, 6.07) is 17.9. The minimum atomic E-state index is -1.57. The molecule has 3 aromatic rings. The molecule has 0 bridgehead atoms. The highest BCUT2D eigenvalue weighted by molar-refractivity contribution is 5.59. The number of nitro benzene ring substituents is 1. The molecule has 45 heavy (non-hydrogen) atoms. The van der Waals surface area contributed by atoms with Crippen molar-refractivity contribution in [1.29, 1.82) is 0 Å². The molecular weight excluding hydrogens is 590 g/mol. The van der Waals surface area contributed by atoms with E-state index in [2.05, 4.69) is 20.5 Å². The molecule has 4 rings (SSSR count). The maximum atomic E-state index is 10.8. The summed E-state index contributed by atoms with van der Waals surface area (Å²) in [5.74, 6) is 1.13. The molecule has 1 aliphatic heterocycles. The van der Waals surface area contributed by atoms with E-state index in [1.807, 2.05) is 0 Å². The van der Waals surface area contributed by atoms with Gasteiger partial charge in [0.05, 0.1) is 42.3 Å². The lowest BCUT2D eigenvalue weighted by Crippen LogP contribution is -2.58. The monoisotopic (exact) mass is 625 g/mol. The Morgan fingerprint density at radius 3 is 2.09 bits per heavy atom. The van der Waals surface area contributed by atoms with Crippen LogP contribution >= 0.6 is 0 Å². The number of aliphatic hydroxyl groups is 4. The van der Waals surface area contributed by atoms with Crippen molar-refractivity contribution in [2.75, 3.05) is 26.9 Å². The third-order valence-electron chi connectivity index (χ3n) is 6.79. The largest absolute Gasteiger partial charge is 0.494 e. The maximum absolute atomic E-state index is 10.8. The molecule has 0 aromatic heterocycles. The molecule has 0 saturated carbocycles. The summed E-state index contributed by atoms with van der Waals surface area (Å²) in [5.41, 5.74) is 2.06. The number of ether oxygens (including phenoxy) is 4. The molecule has 5 atom stereocenters. The zero-order chi connectivity index (χ0) is 32.2. The number of azo groups is 2. The van der Waals surface area contributed by atoms with Crippen molar-refractivity contribution in [3.63, 3.8) is 0 Å². The van der Waals surface area contributed by atoms with E-state index in [1.165, 1.54) is 31.4 Å². The third-order valence-corrected chi connectivity index (χ3v) is 6.79. The van der Waals surface area contributed by atoms with Crippen LogP contribution in [0.2, 0.25) is 0 Å². The van der Waals surface area contributed by atoms with Gasteiger partial charge in [-0.3, -0.25) is 10.1 Å². The zero-order valence-corrected chi connectivity index (χ0v) is 24.5. The first-order valence-corrected chi connectivity index (χ1v) is 14.2. The van der Waals surface area contributed by atoms with Gasteiger partial charge in [0.15, 0.2) is 6.29 Å². The van der Waals surface area contributed by atoms with Crippen LogP contribution in [-0.2, 0) is 9.47 Å². The fraction of sp³-hybridized carbons (Fsp3) is 0.400. The fourth-order valence-corrected chi connectivity index (χ4v) is 4.23. The van der Waals surface area contributed by atoms with Crippen LogP contribution in [0.5, 0.6) is 11.5 Å². The predicted octanol–water partition coefficient (Wildman–Crippen LogP) is 4.80. The molecule has 3 unspecified atom stereocenters. The van der Waals surface area contributed by atoms with E-state index in [-0.39, 0.29) is 12.3 Å². The van der Waals surface area contributed by atoms with E-state index in [9.17, 15) is 30.5 Å². The molecule has 0 radical (unpaired) electrons. The first-order chi connectivity index (χ1) is 21.7.